The van der Waals surface area contributed by atoms with Crippen molar-refractivity contribution in [1.29, 1.82) is 5.26 Å². The fourth-order valence-corrected chi connectivity index (χ4v) is 2.18. The van der Waals surface area contributed by atoms with Crippen LogP contribution in [0.4, 0.5) is 0 Å². The Balaban J connectivity index is 2.07. The van der Waals surface area contributed by atoms with Crippen molar-refractivity contribution in [2.75, 3.05) is 7.11 Å². The Hall–Kier alpha value is -2.32. The molecule has 0 unspecified atom stereocenters. The molecule has 2 aromatic carbocycles. The third kappa shape index (κ3) is 3.83. The number of ether oxygens (including phenoxy) is 2. The minimum atomic E-state index is -0.443. The summed E-state index contributed by atoms with van der Waals surface area (Å²) in [7, 11) is 1.56. The van der Waals surface area contributed by atoms with Crippen LogP contribution in [0.3, 0.4) is 0 Å². The molecule has 0 atom stereocenters. The predicted molar refractivity (Wildman–Crippen MR) is 81.0 cm³/mol. The van der Waals surface area contributed by atoms with Crippen LogP contribution in [0.2, 0.25) is 0 Å². The first-order chi connectivity index (χ1) is 10.1. The standard InChI is InChI=1S/C16H12BrNO3/c1-20-15-7-6-14(17)8-13(15)10-21-16(19)12-4-2-11(9-18)3-5-12/h2-8H,10H2,1H3. The van der Waals surface area contributed by atoms with Gasteiger partial charge in [-0.3, -0.25) is 0 Å². The van der Waals surface area contributed by atoms with Gasteiger partial charge in [-0.25, -0.2) is 4.79 Å². The quantitative estimate of drug-likeness (QED) is 0.793. The van der Waals surface area contributed by atoms with Gasteiger partial charge >= 0.3 is 5.97 Å². The average Bonchev–Trinajstić information content (AvgIpc) is 2.52. The second-order valence-electron chi connectivity index (χ2n) is 4.22. The Morgan fingerprint density at radius 3 is 2.57 bits per heavy atom. The molecule has 0 aromatic heterocycles. The van der Waals surface area contributed by atoms with Crippen molar-refractivity contribution < 1.29 is 14.3 Å². The molecule has 2 rings (SSSR count). The van der Waals surface area contributed by atoms with E-state index in [1.165, 1.54) is 0 Å². The summed E-state index contributed by atoms with van der Waals surface area (Å²) in [5.41, 5.74) is 1.68. The number of halogens is 1. The number of hydrogen-bond donors (Lipinski definition) is 0. The molecule has 0 saturated carbocycles. The molecular formula is C16H12BrNO3. The molecule has 0 N–H and O–H groups in total. The summed E-state index contributed by atoms with van der Waals surface area (Å²) in [4.78, 5) is 11.9. The van der Waals surface area contributed by atoms with Crippen molar-refractivity contribution in [3.8, 4) is 11.8 Å². The molecular weight excluding hydrogens is 334 g/mol. The number of hydrogen-bond acceptors (Lipinski definition) is 4. The van der Waals surface area contributed by atoms with Crippen LogP contribution in [0.25, 0.3) is 0 Å². The molecule has 0 fully saturated rings. The Labute approximate surface area is 131 Å². The molecule has 0 spiro atoms. The predicted octanol–water partition coefficient (Wildman–Crippen LogP) is 3.69. The first-order valence-electron chi connectivity index (χ1n) is 6.13. The molecule has 21 heavy (non-hydrogen) atoms. The number of nitrogens with zero attached hydrogens (tertiary/aromatic N) is 1. The van der Waals surface area contributed by atoms with Gasteiger partial charge in [0.25, 0.3) is 0 Å². The highest BCUT2D eigenvalue weighted by atomic mass is 79.9. The fourth-order valence-electron chi connectivity index (χ4n) is 1.77. The van der Waals surface area contributed by atoms with Crippen molar-refractivity contribution in [2.24, 2.45) is 0 Å². The maximum absolute atomic E-state index is 11.9. The van der Waals surface area contributed by atoms with Crippen LogP contribution in [0.15, 0.2) is 46.9 Å². The van der Waals surface area contributed by atoms with Gasteiger partial charge in [0, 0.05) is 10.0 Å². The number of carbonyl (C=O) groups excluding carboxylic acids is 1. The van der Waals surface area contributed by atoms with Crippen molar-refractivity contribution in [2.45, 2.75) is 6.61 Å². The molecule has 0 aliphatic carbocycles. The smallest absolute Gasteiger partial charge is 0.338 e. The lowest BCUT2D eigenvalue weighted by Crippen LogP contribution is -2.06. The van der Waals surface area contributed by atoms with Gasteiger partial charge in [0.2, 0.25) is 0 Å². The lowest BCUT2D eigenvalue weighted by Gasteiger charge is -2.10. The van der Waals surface area contributed by atoms with E-state index in [0.717, 1.165) is 10.0 Å². The molecule has 4 nitrogen and oxygen atoms in total. The van der Waals surface area contributed by atoms with E-state index >= 15 is 0 Å². The molecule has 0 bridgehead atoms. The van der Waals surface area contributed by atoms with Gasteiger partial charge in [0.1, 0.15) is 12.4 Å². The monoisotopic (exact) mass is 345 g/mol. The summed E-state index contributed by atoms with van der Waals surface area (Å²) < 4.78 is 11.4. The minimum absolute atomic E-state index is 0.113. The van der Waals surface area contributed by atoms with Crippen molar-refractivity contribution in [3.05, 3.63) is 63.6 Å². The average molecular weight is 346 g/mol. The third-order valence-corrected chi connectivity index (χ3v) is 3.34. The van der Waals surface area contributed by atoms with Crippen LogP contribution < -0.4 is 4.74 Å². The summed E-state index contributed by atoms with van der Waals surface area (Å²) in [6, 6.07) is 13.8. The molecule has 2 aromatic rings. The number of methoxy groups -OCH3 is 1. The van der Waals surface area contributed by atoms with E-state index in [0.29, 0.717) is 16.9 Å². The zero-order chi connectivity index (χ0) is 15.2. The number of rotatable bonds is 4. The molecule has 0 aliphatic rings. The Morgan fingerprint density at radius 1 is 1.24 bits per heavy atom. The van der Waals surface area contributed by atoms with Gasteiger partial charge < -0.3 is 9.47 Å². The molecule has 0 saturated heterocycles. The summed E-state index contributed by atoms with van der Waals surface area (Å²) in [5.74, 6) is 0.215. The zero-order valence-electron chi connectivity index (χ0n) is 11.3. The minimum Gasteiger partial charge on any atom is -0.496 e. The van der Waals surface area contributed by atoms with Gasteiger partial charge in [-0.15, -0.1) is 0 Å². The molecule has 106 valence electrons. The molecule has 0 heterocycles. The van der Waals surface area contributed by atoms with Crippen LogP contribution >= 0.6 is 15.9 Å². The van der Waals surface area contributed by atoms with Gasteiger partial charge in [-0.05, 0) is 42.5 Å². The SMILES string of the molecule is COc1ccc(Br)cc1COC(=O)c1ccc(C#N)cc1. The fraction of sp³-hybridized carbons (Fsp3) is 0.125. The second-order valence-corrected chi connectivity index (χ2v) is 5.14. The highest BCUT2D eigenvalue weighted by molar-refractivity contribution is 9.10. The van der Waals surface area contributed by atoms with Crippen LogP contribution in [0, 0.1) is 11.3 Å². The van der Waals surface area contributed by atoms with Crippen LogP contribution in [0.1, 0.15) is 21.5 Å². The van der Waals surface area contributed by atoms with Crippen LogP contribution in [-0.4, -0.2) is 13.1 Å². The van der Waals surface area contributed by atoms with Gasteiger partial charge in [0.15, 0.2) is 0 Å². The highest BCUT2D eigenvalue weighted by Crippen LogP contribution is 2.24. The summed E-state index contributed by atoms with van der Waals surface area (Å²) in [6.45, 7) is 0.113. The Bertz CT molecular complexity index is 690. The summed E-state index contributed by atoms with van der Waals surface area (Å²) in [6.07, 6.45) is 0. The summed E-state index contributed by atoms with van der Waals surface area (Å²) in [5, 5.41) is 8.72. The van der Waals surface area contributed by atoms with E-state index in [4.69, 9.17) is 14.7 Å². The topological polar surface area (TPSA) is 59.3 Å². The van der Waals surface area contributed by atoms with Gasteiger partial charge in [-0.1, -0.05) is 15.9 Å². The van der Waals surface area contributed by atoms with Crippen molar-refractivity contribution in [3.63, 3.8) is 0 Å². The van der Waals surface area contributed by atoms with E-state index in [-0.39, 0.29) is 6.61 Å². The molecule has 5 heteroatoms. The highest BCUT2D eigenvalue weighted by Gasteiger charge is 2.10. The first kappa shape index (κ1) is 15.1. The van der Waals surface area contributed by atoms with E-state index in [9.17, 15) is 4.79 Å². The maximum Gasteiger partial charge on any atom is 0.338 e. The normalized spacial score (nSPS) is 9.76. The van der Waals surface area contributed by atoms with E-state index < -0.39 is 5.97 Å². The largest absolute Gasteiger partial charge is 0.496 e. The number of esters is 1. The lowest BCUT2D eigenvalue weighted by molar-refractivity contribution is 0.0470. The van der Waals surface area contributed by atoms with E-state index in [1.807, 2.05) is 18.2 Å². The van der Waals surface area contributed by atoms with Crippen molar-refractivity contribution >= 4 is 21.9 Å². The van der Waals surface area contributed by atoms with E-state index in [1.54, 1.807) is 37.4 Å². The number of benzene rings is 2. The van der Waals surface area contributed by atoms with Gasteiger partial charge in [0.05, 0.1) is 24.3 Å². The number of nitriles is 1. The first-order valence-corrected chi connectivity index (χ1v) is 6.93. The van der Waals surface area contributed by atoms with E-state index in [2.05, 4.69) is 15.9 Å². The van der Waals surface area contributed by atoms with Crippen LogP contribution in [0.5, 0.6) is 5.75 Å². The van der Waals surface area contributed by atoms with Crippen molar-refractivity contribution in [1.82, 2.24) is 0 Å². The number of carbonyl (C=O) groups is 1. The molecule has 0 aliphatic heterocycles. The Morgan fingerprint density at radius 2 is 1.95 bits per heavy atom. The second kappa shape index (κ2) is 6.91. The molecule has 0 amide bonds. The summed E-state index contributed by atoms with van der Waals surface area (Å²) >= 11 is 3.37. The zero-order valence-corrected chi connectivity index (χ0v) is 12.9. The third-order valence-electron chi connectivity index (χ3n) is 2.85. The maximum atomic E-state index is 11.9. The van der Waals surface area contributed by atoms with Gasteiger partial charge in [-0.2, -0.15) is 5.26 Å². The molecule has 0 radical (unpaired) electrons. The Kier molecular flexibility index (Phi) is 4.96. The van der Waals surface area contributed by atoms with Crippen LogP contribution in [-0.2, 0) is 11.3 Å². The lowest BCUT2D eigenvalue weighted by atomic mass is 10.1.